The van der Waals surface area contributed by atoms with Gasteiger partial charge in [0.15, 0.2) is 0 Å². The Kier molecular flexibility index (Phi) is 5.04. The molecule has 0 saturated heterocycles. The summed E-state index contributed by atoms with van der Waals surface area (Å²) in [5, 5.41) is 0. The number of aryl methyl sites for hydroxylation is 1. The predicted molar refractivity (Wildman–Crippen MR) is 57.9 cm³/mol. The summed E-state index contributed by atoms with van der Waals surface area (Å²) in [5.41, 5.74) is 0.476. The molecule has 5 heteroatoms. The van der Waals surface area contributed by atoms with E-state index in [1.54, 1.807) is 19.1 Å². The van der Waals surface area contributed by atoms with Crippen molar-refractivity contribution in [2.75, 3.05) is 21.1 Å². The molecule has 17 heavy (non-hydrogen) atoms. The van der Waals surface area contributed by atoms with E-state index < -0.39 is 11.7 Å². The van der Waals surface area contributed by atoms with Crippen LogP contribution in [0.25, 0.3) is 0 Å². The van der Waals surface area contributed by atoms with E-state index >= 15 is 0 Å². The smallest absolute Gasteiger partial charge is 0.416 e. The van der Waals surface area contributed by atoms with Crippen LogP contribution in [0, 0.1) is 6.92 Å². The van der Waals surface area contributed by atoms with Crippen LogP contribution in [0.15, 0.2) is 18.2 Å². The van der Waals surface area contributed by atoms with Gasteiger partial charge < -0.3 is 16.9 Å². The molecule has 0 fully saturated rings. The molecule has 0 atom stereocenters. The maximum atomic E-state index is 12.8. The van der Waals surface area contributed by atoms with Crippen LogP contribution in [0.3, 0.4) is 0 Å². The number of alkyl halides is 3. The van der Waals surface area contributed by atoms with Crippen molar-refractivity contribution < 1.29 is 30.1 Å². The molecule has 0 spiro atoms. The minimum atomic E-state index is -4.27. The van der Waals surface area contributed by atoms with Crippen molar-refractivity contribution >= 4 is 0 Å². The first-order valence-corrected chi connectivity index (χ1v) is 5.07. The van der Waals surface area contributed by atoms with Gasteiger partial charge in [0.2, 0.25) is 0 Å². The Morgan fingerprint density at radius 1 is 1.12 bits per heavy atom. The zero-order chi connectivity index (χ0) is 12.6. The molecular formula is C12H17ClF3N. The third-order valence-electron chi connectivity index (χ3n) is 2.22. The summed E-state index contributed by atoms with van der Waals surface area (Å²) >= 11 is 0. The van der Waals surface area contributed by atoms with Crippen molar-refractivity contribution in [1.29, 1.82) is 0 Å². The van der Waals surface area contributed by atoms with Crippen LogP contribution in [0.1, 0.15) is 16.7 Å². The van der Waals surface area contributed by atoms with E-state index in [-0.39, 0.29) is 12.4 Å². The van der Waals surface area contributed by atoms with Crippen LogP contribution < -0.4 is 12.4 Å². The van der Waals surface area contributed by atoms with E-state index in [2.05, 4.69) is 0 Å². The molecule has 0 aliphatic rings. The third kappa shape index (κ3) is 4.96. The predicted octanol–water partition coefficient (Wildman–Crippen LogP) is 0.224. The molecular weight excluding hydrogens is 251 g/mol. The molecule has 0 heterocycles. The molecule has 0 unspecified atom stereocenters. The van der Waals surface area contributed by atoms with Crippen molar-refractivity contribution in [2.24, 2.45) is 0 Å². The Morgan fingerprint density at radius 3 is 2.06 bits per heavy atom. The molecule has 98 valence electrons. The SMILES string of the molecule is Cc1ccc(C[N+](C)(C)C)c(C(F)(F)F)c1.[Cl-]. The Bertz CT molecular complexity index is 380. The van der Waals surface area contributed by atoms with Crippen molar-refractivity contribution in [3.8, 4) is 0 Å². The summed E-state index contributed by atoms with van der Waals surface area (Å²) in [4.78, 5) is 0. The second-order valence-corrected chi connectivity index (χ2v) is 5.11. The topological polar surface area (TPSA) is 0 Å². The standard InChI is InChI=1S/C12H17F3N.ClH/c1-9-5-6-10(8-16(2,3)4)11(7-9)12(13,14)15;/h5-7H,8H2,1-4H3;1H/q+1;/p-1. The zero-order valence-corrected chi connectivity index (χ0v) is 11.2. The highest BCUT2D eigenvalue weighted by Gasteiger charge is 2.34. The highest BCUT2D eigenvalue weighted by Crippen LogP contribution is 2.33. The molecule has 0 N–H and O–H groups in total. The lowest BCUT2D eigenvalue weighted by molar-refractivity contribution is -0.884. The summed E-state index contributed by atoms with van der Waals surface area (Å²) < 4.78 is 38.9. The second-order valence-electron chi connectivity index (χ2n) is 5.11. The average molecular weight is 268 g/mol. The number of halogens is 4. The summed E-state index contributed by atoms with van der Waals surface area (Å²) in [6.45, 7) is 2.04. The van der Waals surface area contributed by atoms with E-state index in [9.17, 15) is 13.2 Å². The van der Waals surface area contributed by atoms with E-state index in [1.165, 1.54) is 6.07 Å². The normalized spacial score (nSPS) is 12.2. The third-order valence-corrected chi connectivity index (χ3v) is 2.22. The maximum Gasteiger partial charge on any atom is 0.416 e. The van der Waals surface area contributed by atoms with Gasteiger partial charge in [-0.3, -0.25) is 0 Å². The first kappa shape index (κ1) is 16.3. The Labute approximate surface area is 106 Å². The van der Waals surface area contributed by atoms with Gasteiger partial charge in [-0.15, -0.1) is 0 Å². The molecule has 1 aromatic carbocycles. The van der Waals surface area contributed by atoms with Gasteiger partial charge >= 0.3 is 6.18 Å². The fourth-order valence-corrected chi connectivity index (χ4v) is 1.60. The quantitative estimate of drug-likeness (QED) is 0.673. The zero-order valence-electron chi connectivity index (χ0n) is 10.4. The Morgan fingerprint density at radius 2 is 1.65 bits per heavy atom. The number of benzene rings is 1. The summed E-state index contributed by atoms with van der Waals surface area (Å²) in [7, 11) is 5.63. The van der Waals surface area contributed by atoms with Crippen molar-refractivity contribution in [3.05, 3.63) is 34.9 Å². The van der Waals surface area contributed by atoms with Crippen molar-refractivity contribution in [1.82, 2.24) is 0 Å². The fraction of sp³-hybridized carbons (Fsp3) is 0.500. The fourth-order valence-electron chi connectivity index (χ4n) is 1.60. The first-order valence-electron chi connectivity index (χ1n) is 5.07. The van der Waals surface area contributed by atoms with Crippen LogP contribution in [0.2, 0.25) is 0 Å². The summed E-state index contributed by atoms with van der Waals surface area (Å²) in [6, 6.07) is 4.51. The minimum Gasteiger partial charge on any atom is -1.00 e. The largest absolute Gasteiger partial charge is 1.00 e. The van der Waals surface area contributed by atoms with Gasteiger partial charge in [0.25, 0.3) is 0 Å². The number of rotatable bonds is 2. The number of hydrogen-bond acceptors (Lipinski definition) is 0. The van der Waals surface area contributed by atoms with E-state index in [1.807, 2.05) is 21.1 Å². The van der Waals surface area contributed by atoms with E-state index in [0.717, 1.165) is 0 Å². The molecule has 0 saturated carbocycles. The lowest BCUT2D eigenvalue weighted by atomic mass is 10.0. The first-order chi connectivity index (χ1) is 7.09. The van der Waals surface area contributed by atoms with Gasteiger partial charge in [0, 0.05) is 5.56 Å². The molecule has 1 aromatic rings. The molecule has 0 bridgehead atoms. The monoisotopic (exact) mass is 267 g/mol. The lowest BCUT2D eigenvalue weighted by Crippen LogP contribution is -3.00. The van der Waals surface area contributed by atoms with Gasteiger partial charge in [0.05, 0.1) is 26.7 Å². The average Bonchev–Trinajstić information content (AvgIpc) is 2.04. The van der Waals surface area contributed by atoms with Gasteiger partial charge in [-0.1, -0.05) is 17.7 Å². The number of quaternary nitrogens is 1. The van der Waals surface area contributed by atoms with Crippen molar-refractivity contribution in [3.63, 3.8) is 0 Å². The van der Waals surface area contributed by atoms with Gasteiger partial charge in [-0.2, -0.15) is 13.2 Å². The molecule has 0 aromatic heterocycles. The van der Waals surface area contributed by atoms with Crippen LogP contribution in [0.5, 0.6) is 0 Å². The molecule has 1 rings (SSSR count). The lowest BCUT2D eigenvalue weighted by Gasteiger charge is -2.25. The molecule has 0 amide bonds. The van der Waals surface area contributed by atoms with Gasteiger partial charge in [0.1, 0.15) is 6.54 Å². The Hall–Kier alpha value is -0.740. The molecule has 1 nitrogen and oxygen atoms in total. The number of hydrogen-bond donors (Lipinski definition) is 0. The van der Waals surface area contributed by atoms with Crippen molar-refractivity contribution in [2.45, 2.75) is 19.6 Å². The molecule has 0 radical (unpaired) electrons. The molecule has 0 aliphatic carbocycles. The second kappa shape index (κ2) is 5.27. The number of nitrogens with zero attached hydrogens (tertiary/aromatic N) is 1. The van der Waals surface area contributed by atoms with Crippen LogP contribution >= 0.6 is 0 Å². The van der Waals surface area contributed by atoms with Crippen LogP contribution in [-0.2, 0) is 12.7 Å². The van der Waals surface area contributed by atoms with E-state index in [0.29, 0.717) is 22.2 Å². The summed E-state index contributed by atoms with van der Waals surface area (Å²) in [5.74, 6) is 0. The highest BCUT2D eigenvalue weighted by atomic mass is 35.5. The van der Waals surface area contributed by atoms with Gasteiger partial charge in [-0.25, -0.2) is 0 Å². The van der Waals surface area contributed by atoms with Crippen LogP contribution in [0.4, 0.5) is 13.2 Å². The highest BCUT2D eigenvalue weighted by molar-refractivity contribution is 5.33. The Balaban J connectivity index is 0.00000256. The summed E-state index contributed by atoms with van der Waals surface area (Å²) in [6.07, 6.45) is -4.27. The maximum absolute atomic E-state index is 12.8. The minimum absolute atomic E-state index is 0. The van der Waals surface area contributed by atoms with E-state index in [4.69, 9.17) is 0 Å². The van der Waals surface area contributed by atoms with Gasteiger partial charge in [-0.05, 0) is 13.0 Å². The molecule has 0 aliphatic heterocycles. The van der Waals surface area contributed by atoms with Crippen LogP contribution in [-0.4, -0.2) is 25.6 Å².